The molecule has 1 saturated heterocycles. The molecule has 1 N–H and O–H groups in total. The van der Waals surface area contributed by atoms with E-state index in [4.69, 9.17) is 9.15 Å². The van der Waals surface area contributed by atoms with Crippen molar-refractivity contribution in [1.29, 1.82) is 0 Å². The zero-order valence-electron chi connectivity index (χ0n) is 11.4. The molecule has 2 rings (SSSR count). The number of rotatable bonds is 6. The van der Waals surface area contributed by atoms with Gasteiger partial charge in [0, 0.05) is 37.2 Å². The average molecular weight is 252 g/mol. The fourth-order valence-electron chi connectivity index (χ4n) is 2.93. The lowest BCUT2D eigenvalue weighted by Gasteiger charge is -2.39. The van der Waals surface area contributed by atoms with Crippen molar-refractivity contribution in [2.24, 2.45) is 5.41 Å². The van der Waals surface area contributed by atoms with E-state index < -0.39 is 0 Å². The van der Waals surface area contributed by atoms with Gasteiger partial charge >= 0.3 is 0 Å². The van der Waals surface area contributed by atoms with Gasteiger partial charge in [0.15, 0.2) is 0 Å². The molecule has 18 heavy (non-hydrogen) atoms. The van der Waals surface area contributed by atoms with Crippen LogP contribution in [0.4, 0.5) is 0 Å². The second-order valence-electron chi connectivity index (χ2n) is 5.49. The smallest absolute Gasteiger partial charge is 0.0947 e. The summed E-state index contributed by atoms with van der Waals surface area (Å²) in [5.41, 5.74) is 1.49. The minimum Gasteiger partial charge on any atom is -0.472 e. The van der Waals surface area contributed by atoms with E-state index >= 15 is 0 Å². The molecule has 0 saturated carbocycles. The van der Waals surface area contributed by atoms with Crippen molar-refractivity contribution < 1.29 is 9.15 Å². The molecule has 2 heterocycles. The van der Waals surface area contributed by atoms with E-state index in [2.05, 4.69) is 17.3 Å². The lowest BCUT2D eigenvalue weighted by Crippen LogP contribution is -2.47. The summed E-state index contributed by atoms with van der Waals surface area (Å²) < 4.78 is 10.8. The Morgan fingerprint density at radius 2 is 2.39 bits per heavy atom. The first-order chi connectivity index (χ1) is 8.74. The molecule has 1 unspecified atom stereocenters. The van der Waals surface area contributed by atoms with E-state index in [1.165, 1.54) is 18.4 Å². The quantitative estimate of drug-likeness (QED) is 0.836. The lowest BCUT2D eigenvalue weighted by atomic mass is 9.82. The van der Waals surface area contributed by atoms with Crippen molar-refractivity contribution in [3.63, 3.8) is 0 Å². The second kappa shape index (κ2) is 6.36. The summed E-state index contributed by atoms with van der Waals surface area (Å²) in [6.45, 7) is 4.78. The summed E-state index contributed by atoms with van der Waals surface area (Å²) in [4.78, 5) is 2.36. The molecule has 1 aromatic heterocycles. The Labute approximate surface area is 109 Å². The molecule has 0 radical (unpaired) electrons. The number of nitrogens with zero attached hydrogens (tertiary/aromatic N) is 1. The molecule has 0 aromatic carbocycles. The third-order valence-corrected chi connectivity index (χ3v) is 3.59. The van der Waals surface area contributed by atoms with Crippen LogP contribution < -0.4 is 5.32 Å². The number of hydrogen-bond donors (Lipinski definition) is 1. The van der Waals surface area contributed by atoms with E-state index in [0.29, 0.717) is 0 Å². The van der Waals surface area contributed by atoms with Gasteiger partial charge in [0.2, 0.25) is 0 Å². The maximum absolute atomic E-state index is 5.69. The fourth-order valence-corrected chi connectivity index (χ4v) is 2.93. The summed E-state index contributed by atoms with van der Waals surface area (Å²) in [5.74, 6) is 0. The summed E-state index contributed by atoms with van der Waals surface area (Å²) in [7, 11) is 4.19. The topological polar surface area (TPSA) is 37.6 Å². The number of hydrogen-bond acceptors (Lipinski definition) is 4. The molecule has 102 valence electrons. The zero-order chi connectivity index (χ0) is 12.8. The van der Waals surface area contributed by atoms with Crippen molar-refractivity contribution in [3.8, 4) is 0 Å². The van der Waals surface area contributed by atoms with Gasteiger partial charge in [0.1, 0.15) is 0 Å². The second-order valence-corrected chi connectivity index (χ2v) is 5.49. The zero-order valence-corrected chi connectivity index (χ0v) is 11.4. The molecule has 0 bridgehead atoms. The molecular formula is C14H24N2O2. The number of nitrogens with one attached hydrogen (secondary N) is 1. The summed E-state index contributed by atoms with van der Waals surface area (Å²) in [6.07, 6.45) is 5.96. The number of furan rings is 1. The predicted octanol–water partition coefficient (Wildman–Crippen LogP) is 1.73. The molecule has 1 atom stereocenters. The monoisotopic (exact) mass is 252 g/mol. The Morgan fingerprint density at radius 3 is 3.00 bits per heavy atom. The van der Waals surface area contributed by atoms with E-state index in [0.717, 1.165) is 32.8 Å². The highest BCUT2D eigenvalue weighted by Crippen LogP contribution is 2.29. The Bertz CT molecular complexity index is 326. The van der Waals surface area contributed by atoms with Crippen LogP contribution in [-0.2, 0) is 11.3 Å². The standard InChI is InChI=1S/C14H24N2O2/c1-15-10-14(5-3-6-18-12-14)11-16(2)8-13-4-7-17-9-13/h4,7,9,15H,3,5-6,8,10-12H2,1-2H3. The molecule has 0 amide bonds. The molecule has 1 aliphatic rings. The average Bonchev–Trinajstić information content (AvgIpc) is 2.83. The van der Waals surface area contributed by atoms with Gasteiger partial charge in [-0.3, -0.25) is 0 Å². The summed E-state index contributed by atoms with van der Waals surface area (Å²) in [5, 5.41) is 3.32. The van der Waals surface area contributed by atoms with E-state index in [9.17, 15) is 0 Å². The minimum absolute atomic E-state index is 0.255. The van der Waals surface area contributed by atoms with Gasteiger partial charge < -0.3 is 19.4 Å². The minimum atomic E-state index is 0.255. The largest absolute Gasteiger partial charge is 0.472 e. The van der Waals surface area contributed by atoms with Gasteiger partial charge in [-0.05, 0) is 33.0 Å². The predicted molar refractivity (Wildman–Crippen MR) is 71.5 cm³/mol. The first kappa shape index (κ1) is 13.6. The van der Waals surface area contributed by atoms with Crippen LogP contribution in [0.5, 0.6) is 0 Å². The van der Waals surface area contributed by atoms with Crippen LogP contribution in [0.3, 0.4) is 0 Å². The Kier molecular flexibility index (Phi) is 4.80. The van der Waals surface area contributed by atoms with Gasteiger partial charge in [-0.2, -0.15) is 0 Å². The third kappa shape index (κ3) is 3.57. The van der Waals surface area contributed by atoms with E-state index in [1.54, 1.807) is 6.26 Å². The first-order valence-corrected chi connectivity index (χ1v) is 6.66. The van der Waals surface area contributed by atoms with Crippen LogP contribution in [0.15, 0.2) is 23.0 Å². The maximum atomic E-state index is 5.69. The highest BCUT2D eigenvalue weighted by molar-refractivity contribution is 5.05. The van der Waals surface area contributed by atoms with Crippen molar-refractivity contribution in [3.05, 3.63) is 24.2 Å². The highest BCUT2D eigenvalue weighted by atomic mass is 16.5. The van der Waals surface area contributed by atoms with Crippen molar-refractivity contribution in [1.82, 2.24) is 10.2 Å². The SMILES string of the molecule is CNCC1(CN(C)Cc2ccoc2)CCCOC1. The molecule has 4 heteroatoms. The van der Waals surface area contributed by atoms with Gasteiger partial charge in [-0.1, -0.05) is 0 Å². The molecular weight excluding hydrogens is 228 g/mol. The van der Waals surface area contributed by atoms with E-state index in [-0.39, 0.29) is 5.41 Å². The Hall–Kier alpha value is -0.840. The first-order valence-electron chi connectivity index (χ1n) is 6.66. The molecule has 1 fully saturated rings. The van der Waals surface area contributed by atoms with Crippen LogP contribution in [-0.4, -0.2) is 45.3 Å². The Morgan fingerprint density at radius 1 is 1.50 bits per heavy atom. The highest BCUT2D eigenvalue weighted by Gasteiger charge is 2.33. The van der Waals surface area contributed by atoms with Crippen LogP contribution in [0, 0.1) is 5.41 Å². The lowest BCUT2D eigenvalue weighted by molar-refractivity contribution is -0.0228. The van der Waals surface area contributed by atoms with Crippen LogP contribution in [0.25, 0.3) is 0 Å². The summed E-state index contributed by atoms with van der Waals surface area (Å²) in [6, 6.07) is 2.03. The summed E-state index contributed by atoms with van der Waals surface area (Å²) >= 11 is 0. The van der Waals surface area contributed by atoms with Crippen LogP contribution >= 0.6 is 0 Å². The van der Waals surface area contributed by atoms with Crippen LogP contribution in [0.2, 0.25) is 0 Å². The van der Waals surface area contributed by atoms with Crippen molar-refractivity contribution in [2.75, 3.05) is 40.4 Å². The third-order valence-electron chi connectivity index (χ3n) is 3.59. The fraction of sp³-hybridized carbons (Fsp3) is 0.714. The maximum Gasteiger partial charge on any atom is 0.0947 e. The van der Waals surface area contributed by atoms with Crippen LogP contribution in [0.1, 0.15) is 18.4 Å². The van der Waals surface area contributed by atoms with Crippen molar-refractivity contribution >= 4 is 0 Å². The van der Waals surface area contributed by atoms with E-state index in [1.807, 2.05) is 19.4 Å². The molecule has 4 nitrogen and oxygen atoms in total. The van der Waals surface area contributed by atoms with Gasteiger partial charge in [-0.25, -0.2) is 0 Å². The molecule has 1 aliphatic heterocycles. The molecule has 0 aliphatic carbocycles. The van der Waals surface area contributed by atoms with Crippen molar-refractivity contribution in [2.45, 2.75) is 19.4 Å². The Balaban J connectivity index is 1.91. The van der Waals surface area contributed by atoms with Gasteiger partial charge in [-0.15, -0.1) is 0 Å². The van der Waals surface area contributed by atoms with Gasteiger partial charge in [0.05, 0.1) is 19.1 Å². The molecule has 1 aromatic rings. The molecule has 0 spiro atoms. The number of ether oxygens (including phenoxy) is 1. The van der Waals surface area contributed by atoms with Gasteiger partial charge in [0.25, 0.3) is 0 Å². The normalized spacial score (nSPS) is 24.6.